The first kappa shape index (κ1) is 14.0. The van der Waals surface area contributed by atoms with E-state index in [0.717, 1.165) is 12.8 Å². The number of esters is 1. The Morgan fingerprint density at radius 2 is 2.16 bits per heavy atom. The van der Waals surface area contributed by atoms with E-state index in [9.17, 15) is 4.79 Å². The molecular weight excluding hydrogens is 240 g/mol. The van der Waals surface area contributed by atoms with Gasteiger partial charge < -0.3 is 4.74 Å². The molecule has 4 nitrogen and oxygen atoms in total. The fourth-order valence-electron chi connectivity index (χ4n) is 2.85. The van der Waals surface area contributed by atoms with E-state index in [0.29, 0.717) is 23.4 Å². The fraction of sp³-hybridized carbons (Fsp3) is 0.667. The second kappa shape index (κ2) is 6.13. The van der Waals surface area contributed by atoms with Crippen molar-refractivity contribution in [3.63, 3.8) is 0 Å². The Morgan fingerprint density at radius 3 is 2.79 bits per heavy atom. The van der Waals surface area contributed by atoms with Crippen LogP contribution in [0.2, 0.25) is 0 Å². The lowest BCUT2D eigenvalue weighted by Gasteiger charge is -2.36. The Kier molecular flexibility index (Phi) is 4.51. The molecule has 3 unspecified atom stereocenters. The average molecular weight is 262 g/mol. The predicted molar refractivity (Wildman–Crippen MR) is 72.6 cm³/mol. The minimum Gasteiger partial charge on any atom is -0.457 e. The van der Waals surface area contributed by atoms with Crippen LogP contribution in [0.15, 0.2) is 18.6 Å². The van der Waals surface area contributed by atoms with Crippen LogP contribution in [0.4, 0.5) is 0 Å². The zero-order valence-corrected chi connectivity index (χ0v) is 11.9. The van der Waals surface area contributed by atoms with Gasteiger partial charge in [-0.3, -0.25) is 4.98 Å². The molecule has 1 saturated carbocycles. The minimum absolute atomic E-state index is 0.0123. The maximum absolute atomic E-state index is 12.1. The maximum atomic E-state index is 12.1. The van der Waals surface area contributed by atoms with E-state index >= 15 is 0 Å². The molecule has 1 aromatic rings. The standard InChI is InChI=1S/C15H22N2O2/c1-10(2)12-5-4-11(3)8-14(12)19-15(18)13-9-16-6-7-17-13/h6-7,9-12,14H,4-5,8H2,1-3H3. The normalized spacial score (nSPS) is 27.3. The van der Waals surface area contributed by atoms with Gasteiger partial charge in [0.2, 0.25) is 0 Å². The zero-order chi connectivity index (χ0) is 13.8. The topological polar surface area (TPSA) is 52.1 Å². The quantitative estimate of drug-likeness (QED) is 0.785. The van der Waals surface area contributed by atoms with Crippen LogP contribution in [0.5, 0.6) is 0 Å². The van der Waals surface area contributed by atoms with Crippen molar-refractivity contribution in [2.75, 3.05) is 0 Å². The monoisotopic (exact) mass is 262 g/mol. The molecule has 1 heterocycles. The SMILES string of the molecule is CC1CCC(C(C)C)C(OC(=O)c2cnccn2)C1. The van der Waals surface area contributed by atoms with Crippen LogP contribution in [0, 0.1) is 17.8 Å². The molecule has 0 bridgehead atoms. The van der Waals surface area contributed by atoms with Gasteiger partial charge in [-0.1, -0.05) is 27.2 Å². The van der Waals surface area contributed by atoms with E-state index in [2.05, 4.69) is 30.7 Å². The van der Waals surface area contributed by atoms with Gasteiger partial charge >= 0.3 is 5.97 Å². The Labute approximate surface area is 114 Å². The van der Waals surface area contributed by atoms with Crippen LogP contribution in [0.25, 0.3) is 0 Å². The highest BCUT2D eigenvalue weighted by atomic mass is 16.5. The van der Waals surface area contributed by atoms with Crippen molar-refractivity contribution < 1.29 is 9.53 Å². The molecular formula is C15H22N2O2. The molecule has 0 radical (unpaired) electrons. The van der Waals surface area contributed by atoms with Gasteiger partial charge in [-0.25, -0.2) is 9.78 Å². The van der Waals surface area contributed by atoms with Crippen LogP contribution >= 0.6 is 0 Å². The molecule has 1 aliphatic rings. The van der Waals surface area contributed by atoms with E-state index < -0.39 is 0 Å². The molecule has 0 aromatic carbocycles. The number of nitrogens with zero attached hydrogens (tertiary/aromatic N) is 2. The second-order valence-corrected chi connectivity index (χ2v) is 5.86. The van der Waals surface area contributed by atoms with Crippen molar-refractivity contribution >= 4 is 5.97 Å². The Bertz CT molecular complexity index is 419. The molecule has 1 aromatic heterocycles. The molecule has 4 heteroatoms. The predicted octanol–water partition coefficient (Wildman–Crippen LogP) is 3.09. The molecule has 0 N–H and O–H groups in total. The van der Waals surface area contributed by atoms with Crippen molar-refractivity contribution in [2.24, 2.45) is 17.8 Å². The second-order valence-electron chi connectivity index (χ2n) is 5.86. The number of ether oxygens (including phenoxy) is 1. The van der Waals surface area contributed by atoms with E-state index in [1.807, 2.05) is 0 Å². The molecule has 0 saturated heterocycles. The molecule has 0 amide bonds. The third-order valence-corrected chi connectivity index (χ3v) is 3.99. The molecule has 19 heavy (non-hydrogen) atoms. The Morgan fingerprint density at radius 1 is 1.37 bits per heavy atom. The summed E-state index contributed by atoms with van der Waals surface area (Å²) in [5.74, 6) is 1.26. The van der Waals surface area contributed by atoms with Gasteiger partial charge in [0.1, 0.15) is 6.10 Å². The fourth-order valence-corrected chi connectivity index (χ4v) is 2.85. The largest absolute Gasteiger partial charge is 0.457 e. The molecule has 3 atom stereocenters. The average Bonchev–Trinajstić information content (AvgIpc) is 2.39. The molecule has 1 fully saturated rings. The summed E-state index contributed by atoms with van der Waals surface area (Å²) in [5, 5.41) is 0. The third-order valence-electron chi connectivity index (χ3n) is 3.99. The maximum Gasteiger partial charge on any atom is 0.358 e. The highest BCUT2D eigenvalue weighted by molar-refractivity contribution is 5.86. The summed E-state index contributed by atoms with van der Waals surface area (Å²) in [6, 6.07) is 0. The van der Waals surface area contributed by atoms with E-state index in [4.69, 9.17) is 4.74 Å². The van der Waals surface area contributed by atoms with Crippen LogP contribution in [0.3, 0.4) is 0 Å². The molecule has 0 spiro atoms. The van der Waals surface area contributed by atoms with Gasteiger partial charge in [-0.15, -0.1) is 0 Å². The van der Waals surface area contributed by atoms with Gasteiger partial charge in [0.15, 0.2) is 5.69 Å². The summed E-state index contributed by atoms with van der Waals surface area (Å²) in [6.45, 7) is 6.62. The Balaban J connectivity index is 2.04. The van der Waals surface area contributed by atoms with Gasteiger partial charge in [-0.05, 0) is 30.6 Å². The lowest BCUT2D eigenvalue weighted by molar-refractivity contribution is -0.0179. The highest BCUT2D eigenvalue weighted by Gasteiger charge is 2.33. The lowest BCUT2D eigenvalue weighted by Crippen LogP contribution is -2.36. The minimum atomic E-state index is -0.349. The van der Waals surface area contributed by atoms with Crippen molar-refractivity contribution in [3.8, 4) is 0 Å². The smallest absolute Gasteiger partial charge is 0.358 e. The molecule has 2 rings (SSSR count). The number of hydrogen-bond donors (Lipinski definition) is 0. The van der Waals surface area contributed by atoms with E-state index in [1.165, 1.54) is 18.8 Å². The summed E-state index contributed by atoms with van der Waals surface area (Å²) < 4.78 is 5.68. The van der Waals surface area contributed by atoms with E-state index in [-0.39, 0.29) is 12.1 Å². The first-order chi connectivity index (χ1) is 9.08. The van der Waals surface area contributed by atoms with Gasteiger partial charge in [-0.2, -0.15) is 0 Å². The molecule has 0 aliphatic heterocycles. The van der Waals surface area contributed by atoms with Crippen LogP contribution in [-0.2, 0) is 4.74 Å². The summed E-state index contributed by atoms with van der Waals surface area (Å²) >= 11 is 0. The summed E-state index contributed by atoms with van der Waals surface area (Å²) in [6.07, 6.45) is 7.85. The van der Waals surface area contributed by atoms with Crippen LogP contribution < -0.4 is 0 Å². The number of carbonyl (C=O) groups is 1. The summed E-state index contributed by atoms with van der Waals surface area (Å²) in [5.41, 5.74) is 0.295. The number of aromatic nitrogens is 2. The summed E-state index contributed by atoms with van der Waals surface area (Å²) in [4.78, 5) is 20.0. The van der Waals surface area contributed by atoms with Gasteiger partial charge in [0.05, 0.1) is 6.20 Å². The number of rotatable bonds is 3. The summed E-state index contributed by atoms with van der Waals surface area (Å²) in [7, 11) is 0. The van der Waals surface area contributed by atoms with Crippen molar-refractivity contribution in [3.05, 3.63) is 24.3 Å². The van der Waals surface area contributed by atoms with Crippen molar-refractivity contribution in [1.29, 1.82) is 0 Å². The van der Waals surface area contributed by atoms with E-state index in [1.54, 1.807) is 6.20 Å². The van der Waals surface area contributed by atoms with Crippen LogP contribution in [0.1, 0.15) is 50.5 Å². The third kappa shape index (κ3) is 3.52. The van der Waals surface area contributed by atoms with Crippen molar-refractivity contribution in [1.82, 2.24) is 9.97 Å². The molecule has 104 valence electrons. The lowest BCUT2D eigenvalue weighted by atomic mass is 9.75. The first-order valence-corrected chi connectivity index (χ1v) is 7.05. The Hall–Kier alpha value is -1.45. The number of carbonyl (C=O) groups excluding carboxylic acids is 1. The van der Waals surface area contributed by atoms with Gasteiger partial charge in [0, 0.05) is 12.4 Å². The van der Waals surface area contributed by atoms with Crippen LogP contribution in [-0.4, -0.2) is 22.0 Å². The first-order valence-electron chi connectivity index (χ1n) is 7.05. The number of hydrogen-bond acceptors (Lipinski definition) is 4. The molecule has 1 aliphatic carbocycles. The van der Waals surface area contributed by atoms with Crippen molar-refractivity contribution in [2.45, 2.75) is 46.1 Å². The van der Waals surface area contributed by atoms with Gasteiger partial charge in [0.25, 0.3) is 0 Å². The zero-order valence-electron chi connectivity index (χ0n) is 11.9. The highest BCUT2D eigenvalue weighted by Crippen LogP contribution is 2.35.